The van der Waals surface area contributed by atoms with E-state index in [9.17, 15) is 0 Å². The van der Waals surface area contributed by atoms with Crippen molar-refractivity contribution in [1.29, 1.82) is 0 Å². The van der Waals surface area contributed by atoms with Crippen molar-refractivity contribution in [2.75, 3.05) is 0 Å². The monoisotopic (exact) mass is 291 g/mol. The largest absolute Gasteiger partial charge is 0.302 e. The molecule has 1 nitrogen and oxygen atoms in total. The Kier molecular flexibility index (Phi) is 4.36. The Bertz CT molecular complexity index is 441. The molecule has 2 heterocycles. The molecule has 1 aliphatic carbocycles. The van der Waals surface area contributed by atoms with Gasteiger partial charge in [-0.15, -0.1) is 22.7 Å². The minimum absolute atomic E-state index is 0.398. The van der Waals surface area contributed by atoms with Crippen molar-refractivity contribution in [3.63, 3.8) is 0 Å². The molecule has 0 saturated heterocycles. The smallest absolute Gasteiger partial charge is 0.0766 e. The summed E-state index contributed by atoms with van der Waals surface area (Å²) in [7, 11) is 0. The maximum Gasteiger partial charge on any atom is 0.0766 e. The van der Waals surface area contributed by atoms with Gasteiger partial charge in [-0.25, -0.2) is 0 Å². The van der Waals surface area contributed by atoms with Crippen LogP contribution in [0.5, 0.6) is 0 Å². The van der Waals surface area contributed by atoms with Crippen LogP contribution in [0.3, 0.4) is 0 Å². The Morgan fingerprint density at radius 1 is 1.11 bits per heavy atom. The predicted molar refractivity (Wildman–Crippen MR) is 85.0 cm³/mol. The standard InChI is InChI=1S/C16H21NS2/c1-12-5-2-6-13(11-12)17-16(14-7-3-9-18-14)15-8-4-10-19-15/h3-4,7-10,12-13,16-17H,2,5-6,11H2,1H3. The van der Waals surface area contributed by atoms with Crippen LogP contribution in [0.4, 0.5) is 0 Å². The van der Waals surface area contributed by atoms with E-state index in [4.69, 9.17) is 0 Å². The maximum atomic E-state index is 3.91. The van der Waals surface area contributed by atoms with Crippen molar-refractivity contribution in [2.45, 2.75) is 44.7 Å². The van der Waals surface area contributed by atoms with Crippen LogP contribution in [0.1, 0.15) is 48.4 Å². The molecule has 102 valence electrons. The van der Waals surface area contributed by atoms with Crippen LogP contribution in [0.2, 0.25) is 0 Å². The lowest BCUT2D eigenvalue weighted by atomic mass is 9.86. The quantitative estimate of drug-likeness (QED) is 0.829. The number of thiophene rings is 2. The van der Waals surface area contributed by atoms with E-state index in [0.717, 1.165) is 5.92 Å². The molecule has 0 radical (unpaired) electrons. The zero-order chi connectivity index (χ0) is 13.1. The highest BCUT2D eigenvalue weighted by Gasteiger charge is 2.24. The molecule has 0 bridgehead atoms. The second-order valence-corrected chi connectivity index (χ2v) is 7.56. The van der Waals surface area contributed by atoms with Crippen molar-refractivity contribution < 1.29 is 0 Å². The Labute approximate surface area is 123 Å². The summed E-state index contributed by atoms with van der Waals surface area (Å²) in [6, 6.07) is 9.91. The highest BCUT2D eigenvalue weighted by atomic mass is 32.1. The minimum atomic E-state index is 0.398. The third kappa shape index (κ3) is 3.28. The topological polar surface area (TPSA) is 12.0 Å². The van der Waals surface area contributed by atoms with Crippen LogP contribution >= 0.6 is 22.7 Å². The normalized spacial score (nSPS) is 23.9. The van der Waals surface area contributed by atoms with Gasteiger partial charge in [-0.1, -0.05) is 31.9 Å². The first kappa shape index (κ1) is 13.3. The van der Waals surface area contributed by atoms with E-state index in [-0.39, 0.29) is 0 Å². The van der Waals surface area contributed by atoms with E-state index >= 15 is 0 Å². The summed E-state index contributed by atoms with van der Waals surface area (Å²) in [5.74, 6) is 0.874. The fourth-order valence-corrected chi connectivity index (χ4v) is 4.72. The molecule has 2 aromatic rings. The molecule has 2 atom stereocenters. The molecular formula is C16H21NS2. The summed E-state index contributed by atoms with van der Waals surface area (Å²) in [6.07, 6.45) is 5.44. The number of hydrogen-bond acceptors (Lipinski definition) is 3. The molecule has 19 heavy (non-hydrogen) atoms. The molecule has 1 fully saturated rings. The summed E-state index contributed by atoms with van der Waals surface area (Å²) in [5.41, 5.74) is 0. The average Bonchev–Trinajstić information content (AvgIpc) is 3.10. The first-order valence-electron chi connectivity index (χ1n) is 7.16. The van der Waals surface area contributed by atoms with Crippen molar-refractivity contribution >= 4 is 22.7 Å². The molecular weight excluding hydrogens is 270 g/mol. The van der Waals surface area contributed by atoms with E-state index in [1.54, 1.807) is 0 Å². The molecule has 1 N–H and O–H groups in total. The van der Waals surface area contributed by atoms with E-state index in [1.165, 1.54) is 35.4 Å². The van der Waals surface area contributed by atoms with Crippen molar-refractivity contribution in [3.8, 4) is 0 Å². The lowest BCUT2D eigenvalue weighted by Crippen LogP contribution is -2.36. The lowest BCUT2D eigenvalue weighted by Gasteiger charge is -2.31. The zero-order valence-electron chi connectivity index (χ0n) is 11.3. The molecule has 0 spiro atoms. The summed E-state index contributed by atoms with van der Waals surface area (Å²) >= 11 is 3.73. The Hall–Kier alpha value is -0.640. The highest BCUT2D eigenvalue weighted by Crippen LogP contribution is 2.32. The fraction of sp³-hybridized carbons (Fsp3) is 0.500. The fourth-order valence-electron chi connectivity index (χ4n) is 3.04. The van der Waals surface area contributed by atoms with Crippen LogP contribution in [0.25, 0.3) is 0 Å². The van der Waals surface area contributed by atoms with Gasteiger partial charge in [0.15, 0.2) is 0 Å². The van der Waals surface area contributed by atoms with E-state index < -0.39 is 0 Å². The molecule has 3 rings (SSSR count). The van der Waals surface area contributed by atoms with Crippen LogP contribution in [0.15, 0.2) is 35.0 Å². The zero-order valence-corrected chi connectivity index (χ0v) is 13.0. The van der Waals surface area contributed by atoms with Gasteiger partial charge in [0.2, 0.25) is 0 Å². The highest BCUT2D eigenvalue weighted by molar-refractivity contribution is 7.11. The van der Waals surface area contributed by atoms with Crippen LogP contribution in [0, 0.1) is 5.92 Å². The summed E-state index contributed by atoms with van der Waals surface area (Å²) < 4.78 is 0. The Balaban J connectivity index is 1.76. The second-order valence-electron chi connectivity index (χ2n) is 5.60. The molecule has 0 aromatic carbocycles. The molecule has 1 aliphatic rings. The number of rotatable bonds is 4. The molecule has 3 heteroatoms. The summed E-state index contributed by atoms with van der Waals surface area (Å²) in [4.78, 5) is 2.89. The lowest BCUT2D eigenvalue weighted by molar-refractivity contribution is 0.291. The Morgan fingerprint density at radius 3 is 2.32 bits per heavy atom. The van der Waals surface area contributed by atoms with Crippen molar-refractivity contribution in [3.05, 3.63) is 44.8 Å². The van der Waals surface area contributed by atoms with Crippen LogP contribution in [-0.2, 0) is 0 Å². The van der Waals surface area contributed by atoms with Gasteiger partial charge in [0, 0.05) is 15.8 Å². The van der Waals surface area contributed by atoms with Crippen molar-refractivity contribution in [2.24, 2.45) is 5.92 Å². The predicted octanol–water partition coefficient (Wildman–Crippen LogP) is 5.07. The minimum Gasteiger partial charge on any atom is -0.302 e. The maximum absolute atomic E-state index is 3.91. The molecule has 1 saturated carbocycles. The van der Waals surface area contributed by atoms with Gasteiger partial charge in [0.25, 0.3) is 0 Å². The summed E-state index contributed by atoms with van der Waals surface area (Å²) in [5, 5.41) is 8.28. The first-order valence-corrected chi connectivity index (χ1v) is 8.91. The van der Waals surface area contributed by atoms with Crippen LogP contribution in [-0.4, -0.2) is 6.04 Å². The average molecular weight is 291 g/mol. The van der Waals surface area contributed by atoms with E-state index in [0.29, 0.717) is 12.1 Å². The van der Waals surface area contributed by atoms with Gasteiger partial charge in [-0.3, -0.25) is 0 Å². The summed E-state index contributed by atoms with van der Waals surface area (Å²) in [6.45, 7) is 2.39. The molecule has 0 amide bonds. The van der Waals surface area contributed by atoms with Crippen LogP contribution < -0.4 is 5.32 Å². The van der Waals surface area contributed by atoms with Gasteiger partial charge >= 0.3 is 0 Å². The third-order valence-corrected chi connectivity index (χ3v) is 5.87. The SMILES string of the molecule is CC1CCCC(NC(c2cccs2)c2cccs2)C1. The first-order chi connectivity index (χ1) is 9.33. The van der Waals surface area contributed by atoms with Gasteiger partial charge < -0.3 is 5.32 Å². The van der Waals surface area contributed by atoms with Gasteiger partial charge in [-0.05, 0) is 41.7 Å². The molecule has 2 aromatic heterocycles. The Morgan fingerprint density at radius 2 is 1.79 bits per heavy atom. The third-order valence-electron chi connectivity index (χ3n) is 3.99. The molecule has 2 unspecified atom stereocenters. The van der Waals surface area contributed by atoms with Crippen molar-refractivity contribution in [1.82, 2.24) is 5.32 Å². The second kappa shape index (κ2) is 6.21. The van der Waals surface area contributed by atoms with E-state index in [1.807, 2.05) is 22.7 Å². The van der Waals surface area contributed by atoms with Gasteiger partial charge in [0.1, 0.15) is 0 Å². The van der Waals surface area contributed by atoms with Gasteiger partial charge in [-0.2, -0.15) is 0 Å². The van der Waals surface area contributed by atoms with E-state index in [2.05, 4.69) is 47.3 Å². The van der Waals surface area contributed by atoms with Gasteiger partial charge in [0.05, 0.1) is 6.04 Å². The number of nitrogens with one attached hydrogen (secondary N) is 1. The number of hydrogen-bond donors (Lipinski definition) is 1. The molecule has 0 aliphatic heterocycles.